The number of hydrogen-bond donors (Lipinski definition) is 1. The van der Waals surface area contributed by atoms with Crippen molar-refractivity contribution < 1.29 is 9.84 Å². The van der Waals surface area contributed by atoms with Crippen molar-refractivity contribution in [3.8, 4) is 5.75 Å². The summed E-state index contributed by atoms with van der Waals surface area (Å²) in [7, 11) is 0. The minimum absolute atomic E-state index is 0.521. The lowest BCUT2D eigenvalue weighted by Gasteiger charge is -2.14. The lowest BCUT2D eigenvalue weighted by Crippen LogP contribution is -2.11. The number of para-hydroxylation sites is 2. The molecule has 1 unspecified atom stereocenters. The molecule has 0 radical (unpaired) electrons. The first-order valence-electron chi connectivity index (χ1n) is 9.44. The van der Waals surface area contributed by atoms with Crippen LogP contribution in [0.4, 0.5) is 0 Å². The molecule has 1 N–H and O–H groups in total. The highest BCUT2D eigenvalue weighted by atomic mass is 16.5. The van der Waals surface area contributed by atoms with Gasteiger partial charge in [0.05, 0.1) is 17.6 Å². The summed E-state index contributed by atoms with van der Waals surface area (Å²) in [5.74, 6) is 1.71. The summed E-state index contributed by atoms with van der Waals surface area (Å²) in [5, 5.41) is 10.5. The Morgan fingerprint density at radius 3 is 2.73 bits per heavy atom. The Balaban J connectivity index is 1.71. The van der Waals surface area contributed by atoms with E-state index >= 15 is 0 Å². The number of aliphatic hydroxyl groups is 1. The molecule has 3 rings (SSSR count). The zero-order valence-corrected chi connectivity index (χ0v) is 15.9. The van der Waals surface area contributed by atoms with E-state index in [1.807, 2.05) is 30.3 Å². The topological polar surface area (TPSA) is 47.3 Å². The quantitative estimate of drug-likeness (QED) is 0.583. The molecular weight excluding hydrogens is 324 g/mol. The van der Waals surface area contributed by atoms with Crippen LogP contribution in [0, 0.1) is 13.8 Å². The van der Waals surface area contributed by atoms with Gasteiger partial charge >= 0.3 is 0 Å². The second kappa shape index (κ2) is 8.37. The van der Waals surface area contributed by atoms with Crippen LogP contribution < -0.4 is 4.74 Å². The van der Waals surface area contributed by atoms with E-state index in [1.54, 1.807) is 0 Å². The number of rotatable bonds is 8. The SMILES string of the molecule is CCCC(O)c1nc2ccccc2n1CCCOc1cccc(C)c1C. The van der Waals surface area contributed by atoms with Gasteiger partial charge in [-0.05, 0) is 56.0 Å². The number of aliphatic hydroxyl groups excluding tert-OH is 1. The van der Waals surface area contributed by atoms with Gasteiger partial charge < -0.3 is 14.4 Å². The third-order valence-electron chi connectivity index (χ3n) is 4.88. The van der Waals surface area contributed by atoms with Crippen molar-refractivity contribution in [3.05, 3.63) is 59.4 Å². The van der Waals surface area contributed by atoms with E-state index < -0.39 is 6.10 Å². The van der Waals surface area contributed by atoms with E-state index in [0.717, 1.165) is 48.4 Å². The van der Waals surface area contributed by atoms with Gasteiger partial charge in [-0.3, -0.25) is 0 Å². The van der Waals surface area contributed by atoms with Gasteiger partial charge in [0.1, 0.15) is 17.7 Å². The molecule has 0 aliphatic rings. The number of nitrogens with zero attached hydrogens (tertiary/aromatic N) is 2. The standard InChI is InChI=1S/C22H28N2O2/c1-4-9-20(25)22-23-18-11-5-6-12-19(18)24(22)14-8-15-26-21-13-7-10-16(2)17(21)3/h5-7,10-13,20,25H,4,8-9,14-15H2,1-3H3. The van der Waals surface area contributed by atoms with Gasteiger partial charge in [0.2, 0.25) is 0 Å². The first kappa shape index (κ1) is 18.5. The highest BCUT2D eigenvalue weighted by Crippen LogP contribution is 2.24. The van der Waals surface area contributed by atoms with Gasteiger partial charge in [0, 0.05) is 6.54 Å². The van der Waals surface area contributed by atoms with E-state index in [2.05, 4.69) is 42.5 Å². The van der Waals surface area contributed by atoms with Gasteiger partial charge in [-0.2, -0.15) is 0 Å². The predicted octanol–water partition coefficient (Wildman–Crippen LogP) is 4.96. The minimum Gasteiger partial charge on any atom is -0.493 e. The Bertz CT molecular complexity index is 870. The highest BCUT2D eigenvalue weighted by Gasteiger charge is 2.17. The molecule has 0 spiro atoms. The van der Waals surface area contributed by atoms with E-state index in [4.69, 9.17) is 4.74 Å². The summed E-state index contributed by atoms with van der Waals surface area (Å²) in [6.45, 7) is 7.68. The number of fused-ring (bicyclic) bond motifs is 1. The zero-order valence-electron chi connectivity index (χ0n) is 15.9. The molecule has 1 aromatic heterocycles. The predicted molar refractivity (Wildman–Crippen MR) is 106 cm³/mol. The summed E-state index contributed by atoms with van der Waals surface area (Å²) in [4.78, 5) is 4.67. The molecule has 0 aliphatic heterocycles. The number of aryl methyl sites for hydroxylation is 2. The number of hydrogen-bond acceptors (Lipinski definition) is 3. The zero-order chi connectivity index (χ0) is 18.5. The lowest BCUT2D eigenvalue weighted by atomic mass is 10.1. The molecular formula is C22H28N2O2. The Morgan fingerprint density at radius 1 is 1.12 bits per heavy atom. The first-order valence-corrected chi connectivity index (χ1v) is 9.44. The summed E-state index contributed by atoms with van der Waals surface area (Å²) in [5.41, 5.74) is 4.45. The molecule has 4 heteroatoms. The van der Waals surface area contributed by atoms with Crippen molar-refractivity contribution in [3.63, 3.8) is 0 Å². The Morgan fingerprint density at radius 2 is 1.92 bits per heavy atom. The normalized spacial score (nSPS) is 12.5. The van der Waals surface area contributed by atoms with E-state index in [-0.39, 0.29) is 0 Å². The number of benzene rings is 2. The number of ether oxygens (including phenoxy) is 1. The first-order chi connectivity index (χ1) is 12.6. The molecule has 1 heterocycles. The second-order valence-electron chi connectivity index (χ2n) is 6.81. The maximum atomic E-state index is 10.5. The molecule has 2 aromatic carbocycles. The molecule has 0 aliphatic carbocycles. The molecule has 0 saturated carbocycles. The summed E-state index contributed by atoms with van der Waals surface area (Å²) in [6, 6.07) is 14.2. The van der Waals surface area contributed by atoms with Gasteiger partial charge in [-0.1, -0.05) is 37.6 Å². The van der Waals surface area contributed by atoms with Crippen LogP contribution in [0.3, 0.4) is 0 Å². The summed E-state index contributed by atoms with van der Waals surface area (Å²) in [6.07, 6.45) is 1.99. The molecule has 1 atom stereocenters. The molecule has 0 fully saturated rings. The van der Waals surface area contributed by atoms with Gasteiger partial charge in [-0.15, -0.1) is 0 Å². The monoisotopic (exact) mass is 352 g/mol. The van der Waals surface area contributed by atoms with Crippen molar-refractivity contribution in [2.24, 2.45) is 0 Å². The smallest absolute Gasteiger partial charge is 0.138 e. The molecule has 4 nitrogen and oxygen atoms in total. The van der Waals surface area contributed by atoms with Gasteiger partial charge in [-0.25, -0.2) is 4.98 Å². The number of aromatic nitrogens is 2. The van der Waals surface area contributed by atoms with Gasteiger partial charge in [0.15, 0.2) is 0 Å². The minimum atomic E-state index is -0.521. The fourth-order valence-corrected chi connectivity index (χ4v) is 3.27. The van der Waals surface area contributed by atoms with Crippen LogP contribution in [0.15, 0.2) is 42.5 Å². The van der Waals surface area contributed by atoms with Crippen molar-refractivity contribution >= 4 is 11.0 Å². The van der Waals surface area contributed by atoms with Crippen LogP contribution >= 0.6 is 0 Å². The van der Waals surface area contributed by atoms with Crippen molar-refractivity contribution in [1.82, 2.24) is 9.55 Å². The van der Waals surface area contributed by atoms with Crippen molar-refractivity contribution in [2.45, 2.75) is 52.7 Å². The van der Waals surface area contributed by atoms with Crippen LogP contribution in [0.1, 0.15) is 49.2 Å². The second-order valence-corrected chi connectivity index (χ2v) is 6.81. The summed E-state index contributed by atoms with van der Waals surface area (Å²) >= 11 is 0. The maximum Gasteiger partial charge on any atom is 0.138 e. The lowest BCUT2D eigenvalue weighted by molar-refractivity contribution is 0.152. The molecule has 3 aromatic rings. The van der Waals surface area contributed by atoms with E-state index in [9.17, 15) is 5.11 Å². The largest absolute Gasteiger partial charge is 0.493 e. The Labute approximate surface area is 155 Å². The fourth-order valence-electron chi connectivity index (χ4n) is 3.27. The average Bonchev–Trinajstić information content (AvgIpc) is 3.01. The maximum absolute atomic E-state index is 10.5. The molecule has 138 valence electrons. The molecule has 26 heavy (non-hydrogen) atoms. The van der Waals surface area contributed by atoms with Crippen LogP contribution in [0.25, 0.3) is 11.0 Å². The average molecular weight is 352 g/mol. The van der Waals surface area contributed by atoms with E-state index in [1.165, 1.54) is 11.1 Å². The molecule has 0 bridgehead atoms. The van der Waals surface area contributed by atoms with Crippen LogP contribution in [-0.2, 0) is 6.54 Å². The Hall–Kier alpha value is -2.33. The van der Waals surface area contributed by atoms with Crippen molar-refractivity contribution in [1.29, 1.82) is 0 Å². The third-order valence-corrected chi connectivity index (χ3v) is 4.88. The third kappa shape index (κ3) is 3.91. The molecule has 0 saturated heterocycles. The van der Waals surface area contributed by atoms with Crippen LogP contribution in [0.5, 0.6) is 5.75 Å². The van der Waals surface area contributed by atoms with E-state index in [0.29, 0.717) is 6.61 Å². The van der Waals surface area contributed by atoms with Crippen LogP contribution in [-0.4, -0.2) is 21.3 Å². The van der Waals surface area contributed by atoms with Crippen LogP contribution in [0.2, 0.25) is 0 Å². The highest BCUT2D eigenvalue weighted by molar-refractivity contribution is 5.76. The molecule has 0 amide bonds. The van der Waals surface area contributed by atoms with Crippen molar-refractivity contribution in [2.75, 3.05) is 6.61 Å². The summed E-state index contributed by atoms with van der Waals surface area (Å²) < 4.78 is 8.12. The van der Waals surface area contributed by atoms with Gasteiger partial charge in [0.25, 0.3) is 0 Å². The fraction of sp³-hybridized carbons (Fsp3) is 0.409. The number of imidazole rings is 1. The Kier molecular flexibility index (Phi) is 5.94.